The summed E-state index contributed by atoms with van der Waals surface area (Å²) in [6.07, 6.45) is -13.0. The monoisotopic (exact) mass is 1320 g/mol. The fraction of sp³-hybridized carbons (Fsp3) is 0.433. The molecule has 94 heavy (non-hydrogen) atoms. The Bertz CT molecular complexity index is 3100. The Kier molecular flexibility index (Phi) is 27.5. The minimum Gasteiger partial charge on any atom is -0.477 e. The fourth-order valence-corrected chi connectivity index (χ4v) is 11.6. The second-order valence-corrected chi connectivity index (χ2v) is 24.1. The van der Waals surface area contributed by atoms with Crippen LogP contribution < -0.4 is 31.9 Å². The Hall–Kier alpha value is -8.19. The first-order valence-electron chi connectivity index (χ1n) is 30.9. The molecule has 2 aliphatic heterocycles. The first kappa shape index (κ1) is 73.2. The van der Waals surface area contributed by atoms with Crippen molar-refractivity contribution in [3.8, 4) is 22.3 Å². The van der Waals surface area contributed by atoms with Gasteiger partial charge in [0.05, 0.1) is 49.7 Å². The molecule has 26 nitrogen and oxygen atoms in total. The number of nitrogens with one attached hydrogen (secondary N) is 6. The van der Waals surface area contributed by atoms with Gasteiger partial charge in [-0.05, 0) is 95.8 Å². The van der Waals surface area contributed by atoms with Crippen molar-refractivity contribution in [1.29, 1.82) is 0 Å². The molecule has 0 aromatic heterocycles. The van der Waals surface area contributed by atoms with E-state index in [1.165, 1.54) is 36.0 Å². The maximum absolute atomic E-state index is 13.0. The summed E-state index contributed by atoms with van der Waals surface area (Å²) in [5.74, 6) is -10.5. The Morgan fingerprint density at radius 1 is 0.468 bits per heavy atom. The van der Waals surface area contributed by atoms with E-state index in [9.17, 15) is 79.2 Å². The van der Waals surface area contributed by atoms with E-state index in [0.29, 0.717) is 54.7 Å². The van der Waals surface area contributed by atoms with Crippen LogP contribution in [0.15, 0.2) is 133 Å². The number of carbonyl (C=O) groups excluding carboxylic acids is 6. The van der Waals surface area contributed by atoms with Crippen molar-refractivity contribution in [2.24, 2.45) is 0 Å². The quantitative estimate of drug-likeness (QED) is 0.0263. The van der Waals surface area contributed by atoms with E-state index in [2.05, 4.69) is 31.9 Å². The zero-order valence-electron chi connectivity index (χ0n) is 52.0. The lowest BCUT2D eigenvalue weighted by Gasteiger charge is -2.46. The van der Waals surface area contributed by atoms with Gasteiger partial charge in [-0.25, -0.2) is 9.59 Å². The largest absolute Gasteiger partial charge is 0.477 e. The topological polar surface area (TPSA) is 408 Å². The van der Waals surface area contributed by atoms with Crippen LogP contribution in [-0.2, 0) is 38.1 Å². The van der Waals surface area contributed by atoms with E-state index in [1.54, 1.807) is 48.5 Å². The molecule has 0 radical (unpaired) electrons. The summed E-state index contributed by atoms with van der Waals surface area (Å²) in [6.45, 7) is 1.48. The second kappa shape index (κ2) is 35.4. The van der Waals surface area contributed by atoms with E-state index in [0.717, 1.165) is 36.1 Å². The third-order valence-corrected chi connectivity index (χ3v) is 16.9. The van der Waals surface area contributed by atoms with Crippen molar-refractivity contribution in [3.63, 3.8) is 0 Å². The summed E-state index contributed by atoms with van der Waals surface area (Å²) in [6, 6.07) is 35.7. The minimum atomic E-state index is -2.49. The summed E-state index contributed by atoms with van der Waals surface area (Å²) >= 11 is 1.42. The average Bonchev–Trinajstić information content (AvgIpc) is 0.791. The number of aliphatic hydroxyl groups excluding tert-OH is 6. The number of aliphatic hydroxyl groups is 6. The molecule has 2 fully saturated rings. The van der Waals surface area contributed by atoms with Gasteiger partial charge in [0.2, 0.25) is 11.8 Å². The number of unbranched alkanes of at least 4 members (excludes halogenated alkanes) is 3. The van der Waals surface area contributed by atoms with Gasteiger partial charge in [-0.2, -0.15) is 11.8 Å². The Balaban J connectivity index is 0.773. The predicted octanol–water partition coefficient (Wildman–Crippen LogP) is 2.37. The summed E-state index contributed by atoms with van der Waals surface area (Å²) < 4.78 is 23.2. The molecule has 0 spiro atoms. The molecule has 0 aliphatic carbocycles. The number of rotatable bonds is 34. The second-order valence-electron chi connectivity index (χ2n) is 22.9. The van der Waals surface area contributed by atoms with Crippen molar-refractivity contribution in [2.45, 2.75) is 131 Å². The van der Waals surface area contributed by atoms with Gasteiger partial charge in [0, 0.05) is 80.9 Å². The van der Waals surface area contributed by atoms with E-state index in [1.807, 2.05) is 60.7 Å². The van der Waals surface area contributed by atoms with Gasteiger partial charge in [-0.1, -0.05) is 97.8 Å². The number of ether oxygens (including phenoxy) is 4. The number of carbonyl (C=O) groups is 8. The molecule has 5 aromatic rings. The van der Waals surface area contributed by atoms with Crippen LogP contribution in [0.5, 0.6) is 0 Å². The smallest absolute Gasteiger partial charge is 0.364 e. The number of carboxylic acids is 2. The Morgan fingerprint density at radius 2 is 0.819 bits per heavy atom. The molecule has 2 saturated heterocycles. The summed E-state index contributed by atoms with van der Waals surface area (Å²) in [5, 5.41) is 103. The number of hydrogen-bond acceptors (Lipinski definition) is 19. The standard InChI is InChI=1S/C67H82N6O20S/c1-40(74)72-54-50(76)36-66(64(86)87,92-58(54)56(80)52(78)38-70-62(84)48-22-18-44(19-23-48)42-14-7-5-8-15-42)90-32-12-4-3-11-30-68-60(82)46-26-28-47(29-27-46)61(83)69-31-35-94-34-13-33-91-67(65(88)89)37-51(77)55(73-41(2)75)59(93-67)57(81)53(79)39-71-63(85)49-24-20-45(21-25-49)43-16-9-6-10-17-43/h5-10,14-29,50-59,76-81H,3-4,11-13,30-39H2,1-2H3,(H,68,82)(H,69,83)(H,70,84)(H,71,85)(H,72,74)(H,73,75)(H,86,87)(H,88,89)/t50-,51-,52+,53+,54?,55+,56+,57+,58+,59+,66+,67+/m0/s1. The van der Waals surface area contributed by atoms with Crippen molar-refractivity contribution in [3.05, 3.63) is 156 Å². The van der Waals surface area contributed by atoms with Crippen LogP contribution in [0, 0.1) is 0 Å². The summed E-state index contributed by atoms with van der Waals surface area (Å²) in [4.78, 5) is 102. The van der Waals surface area contributed by atoms with Gasteiger partial charge in [0.15, 0.2) is 0 Å². The number of aliphatic carboxylic acids is 2. The molecular formula is C67H82N6O20S. The Morgan fingerprint density at radius 3 is 1.21 bits per heavy atom. The molecule has 27 heteroatoms. The Labute approximate surface area is 547 Å². The van der Waals surface area contributed by atoms with Crippen molar-refractivity contribution < 1.29 is 98.2 Å². The molecule has 2 aliphatic rings. The highest BCUT2D eigenvalue weighted by Gasteiger charge is 2.57. The van der Waals surface area contributed by atoms with Crippen LogP contribution in [0.2, 0.25) is 0 Å². The zero-order valence-corrected chi connectivity index (χ0v) is 52.8. The van der Waals surface area contributed by atoms with Gasteiger partial charge in [0.25, 0.3) is 35.2 Å². The number of amides is 6. The summed E-state index contributed by atoms with van der Waals surface area (Å²) in [7, 11) is 0. The molecule has 6 amide bonds. The molecular weight excluding hydrogens is 1240 g/mol. The first-order chi connectivity index (χ1) is 45.0. The maximum Gasteiger partial charge on any atom is 0.364 e. The van der Waals surface area contributed by atoms with Crippen molar-refractivity contribution in [1.82, 2.24) is 31.9 Å². The average molecular weight is 1320 g/mol. The van der Waals surface area contributed by atoms with Gasteiger partial charge in [-0.3, -0.25) is 28.8 Å². The number of benzene rings is 5. The van der Waals surface area contributed by atoms with E-state index in [4.69, 9.17) is 18.9 Å². The number of thioether (sulfide) groups is 1. The third kappa shape index (κ3) is 20.4. The molecule has 0 bridgehead atoms. The van der Waals surface area contributed by atoms with Crippen LogP contribution in [0.4, 0.5) is 0 Å². The third-order valence-electron chi connectivity index (χ3n) is 15.9. The molecule has 12 atom stereocenters. The van der Waals surface area contributed by atoms with Crippen molar-refractivity contribution in [2.75, 3.05) is 50.9 Å². The van der Waals surface area contributed by atoms with E-state index in [-0.39, 0.29) is 43.3 Å². The van der Waals surface area contributed by atoms with Gasteiger partial charge in [0.1, 0.15) is 24.4 Å². The molecule has 1 unspecified atom stereocenters. The molecule has 14 N–H and O–H groups in total. The molecule has 5 aromatic carbocycles. The van der Waals surface area contributed by atoms with Gasteiger partial charge in [-0.15, -0.1) is 0 Å². The van der Waals surface area contributed by atoms with Gasteiger partial charge < -0.3 is 91.7 Å². The highest BCUT2D eigenvalue weighted by atomic mass is 32.2. The van der Waals surface area contributed by atoms with Crippen LogP contribution in [0.25, 0.3) is 22.3 Å². The lowest BCUT2D eigenvalue weighted by atomic mass is 9.88. The fourth-order valence-electron chi connectivity index (χ4n) is 10.8. The van der Waals surface area contributed by atoms with Gasteiger partial charge >= 0.3 is 11.9 Å². The SMILES string of the molecule is CC(=O)NC1[C@H]([C@H](O)[C@H](O)CNC(=O)c2ccc(-c3ccccc3)cc2)O[C@@](OCCCCCCNC(=O)c2ccc(C(=O)NCCSCCCO[C@]3(C(=O)O)C[C@H](O)[C@@H](NC(C)=O)[C@H]([C@H](O)[C@H](O)CNC(=O)c4ccc(-c5ccccc5)cc4)O3)cc2)(C(=O)O)C[C@@H]1O. The lowest BCUT2D eigenvalue weighted by Crippen LogP contribution is -2.68. The van der Waals surface area contributed by atoms with Crippen LogP contribution in [-0.4, -0.2) is 212 Å². The molecule has 0 saturated carbocycles. The molecule has 7 rings (SSSR count). The predicted molar refractivity (Wildman–Crippen MR) is 343 cm³/mol. The van der Waals surface area contributed by atoms with Crippen LogP contribution >= 0.6 is 11.8 Å². The molecule has 2 heterocycles. The number of hydrogen-bond donors (Lipinski definition) is 14. The van der Waals surface area contributed by atoms with E-state index < -0.39 is 140 Å². The molecule has 506 valence electrons. The minimum absolute atomic E-state index is 0.163. The van der Waals surface area contributed by atoms with Crippen LogP contribution in [0.3, 0.4) is 0 Å². The first-order valence-corrected chi connectivity index (χ1v) is 32.0. The van der Waals surface area contributed by atoms with Crippen LogP contribution in [0.1, 0.15) is 100 Å². The maximum atomic E-state index is 13.0. The van der Waals surface area contributed by atoms with Crippen molar-refractivity contribution >= 4 is 59.1 Å². The lowest BCUT2D eigenvalue weighted by molar-refractivity contribution is -0.310. The van der Waals surface area contributed by atoms with E-state index >= 15 is 0 Å². The highest BCUT2D eigenvalue weighted by Crippen LogP contribution is 2.36. The summed E-state index contributed by atoms with van der Waals surface area (Å²) in [5.41, 5.74) is 4.78. The highest BCUT2D eigenvalue weighted by molar-refractivity contribution is 7.99. The normalized spacial score (nSPS) is 22.3. The number of carboxylic acid groups (broad SMARTS) is 2. The zero-order chi connectivity index (χ0) is 68.0.